The van der Waals surface area contributed by atoms with Gasteiger partial charge >= 0.3 is 12.0 Å². The Kier molecular flexibility index (Phi) is 5.08. The van der Waals surface area contributed by atoms with Gasteiger partial charge in [0.25, 0.3) is 5.91 Å². The summed E-state index contributed by atoms with van der Waals surface area (Å²) in [5.41, 5.74) is 1.54. The number of carbonyl (C=O) groups excluding carboxylic acids is 3. The molecule has 23 heavy (non-hydrogen) atoms. The smallest absolute Gasteiger partial charge is 0.357 e. The van der Waals surface area contributed by atoms with E-state index in [1.165, 1.54) is 20.0 Å². The largest absolute Gasteiger partial charge is 0.448 e. The second-order valence-corrected chi connectivity index (χ2v) is 4.65. The van der Waals surface area contributed by atoms with Gasteiger partial charge in [-0.15, -0.1) is 0 Å². The maximum absolute atomic E-state index is 12.0. The molecule has 8 heteroatoms. The number of aromatic nitrogens is 2. The van der Waals surface area contributed by atoms with Gasteiger partial charge in [-0.05, 0) is 13.0 Å². The minimum atomic E-state index is -1.12. The van der Waals surface area contributed by atoms with Crippen molar-refractivity contribution in [2.24, 2.45) is 0 Å². The Morgan fingerprint density at radius 3 is 2.57 bits per heavy atom. The van der Waals surface area contributed by atoms with E-state index in [2.05, 4.69) is 15.5 Å². The fraction of sp³-hybridized carbons (Fsp3) is 0.200. The number of carbonyl (C=O) groups is 3. The first-order valence-electron chi connectivity index (χ1n) is 6.85. The fourth-order valence-corrected chi connectivity index (χ4v) is 1.74. The zero-order chi connectivity index (χ0) is 16.8. The summed E-state index contributed by atoms with van der Waals surface area (Å²) in [7, 11) is 1.37. The highest BCUT2D eigenvalue weighted by Crippen LogP contribution is 2.17. The molecule has 0 aliphatic heterocycles. The van der Waals surface area contributed by atoms with E-state index >= 15 is 0 Å². The van der Waals surface area contributed by atoms with Crippen LogP contribution in [-0.2, 0) is 9.53 Å². The second-order valence-electron chi connectivity index (χ2n) is 4.65. The van der Waals surface area contributed by atoms with Crippen LogP contribution in [0.1, 0.15) is 17.4 Å². The molecule has 0 bridgehead atoms. The third kappa shape index (κ3) is 4.16. The standard InChI is InChI=1S/C15H16N4O4/c1-9(13(20)17-15(22)16-2)23-14(21)12-8-11(18-19-12)10-6-4-3-5-7-10/h3-9H,1-2H3,(H,18,19)(H2,16,17,20,22)/t9-/m0/s1. The topological polar surface area (TPSA) is 113 Å². The van der Waals surface area contributed by atoms with Crippen LogP contribution in [0.3, 0.4) is 0 Å². The lowest BCUT2D eigenvalue weighted by Gasteiger charge is -2.11. The molecular weight excluding hydrogens is 300 g/mol. The summed E-state index contributed by atoms with van der Waals surface area (Å²) in [5.74, 6) is -1.46. The number of imide groups is 1. The lowest BCUT2D eigenvalue weighted by molar-refractivity contribution is -0.127. The number of aromatic amines is 1. The second kappa shape index (κ2) is 7.21. The number of hydrogen-bond acceptors (Lipinski definition) is 5. The zero-order valence-corrected chi connectivity index (χ0v) is 12.6. The van der Waals surface area contributed by atoms with Crippen molar-refractivity contribution in [2.75, 3.05) is 7.05 Å². The molecule has 1 heterocycles. The Balaban J connectivity index is 2.00. The van der Waals surface area contributed by atoms with Crippen molar-refractivity contribution < 1.29 is 19.1 Å². The van der Waals surface area contributed by atoms with Gasteiger partial charge in [-0.2, -0.15) is 5.10 Å². The van der Waals surface area contributed by atoms with E-state index in [1.54, 1.807) is 0 Å². The maximum atomic E-state index is 12.0. The molecule has 0 aliphatic carbocycles. The Morgan fingerprint density at radius 1 is 1.22 bits per heavy atom. The third-order valence-electron chi connectivity index (χ3n) is 2.98. The number of urea groups is 1. The highest BCUT2D eigenvalue weighted by molar-refractivity contribution is 5.98. The van der Waals surface area contributed by atoms with Crippen LogP contribution < -0.4 is 10.6 Å². The van der Waals surface area contributed by atoms with E-state index in [1.807, 2.05) is 35.6 Å². The molecule has 3 N–H and O–H groups in total. The molecule has 1 aromatic carbocycles. The van der Waals surface area contributed by atoms with Gasteiger partial charge < -0.3 is 10.1 Å². The number of hydrogen-bond donors (Lipinski definition) is 3. The molecule has 8 nitrogen and oxygen atoms in total. The molecule has 2 rings (SSSR count). The van der Waals surface area contributed by atoms with Gasteiger partial charge in [0.1, 0.15) is 5.69 Å². The summed E-state index contributed by atoms with van der Waals surface area (Å²) in [6, 6.07) is 10.1. The van der Waals surface area contributed by atoms with Crippen LogP contribution in [0.2, 0.25) is 0 Å². The molecular formula is C15H16N4O4. The number of rotatable bonds is 4. The number of H-pyrrole nitrogens is 1. The van der Waals surface area contributed by atoms with Gasteiger partial charge in [-0.25, -0.2) is 9.59 Å². The lowest BCUT2D eigenvalue weighted by Crippen LogP contribution is -2.43. The first-order valence-corrected chi connectivity index (χ1v) is 6.85. The Morgan fingerprint density at radius 2 is 1.91 bits per heavy atom. The van der Waals surface area contributed by atoms with Crippen LogP contribution in [0.4, 0.5) is 4.79 Å². The van der Waals surface area contributed by atoms with Gasteiger partial charge in [0.2, 0.25) is 0 Å². The van der Waals surface area contributed by atoms with Crippen molar-refractivity contribution in [3.63, 3.8) is 0 Å². The fourth-order valence-electron chi connectivity index (χ4n) is 1.74. The van der Waals surface area contributed by atoms with Crippen LogP contribution in [0.25, 0.3) is 11.3 Å². The summed E-state index contributed by atoms with van der Waals surface area (Å²) in [6.07, 6.45) is -1.12. The van der Waals surface area contributed by atoms with Crippen LogP contribution in [-0.4, -0.2) is 41.3 Å². The van der Waals surface area contributed by atoms with E-state index < -0.39 is 24.0 Å². The van der Waals surface area contributed by atoms with E-state index in [0.717, 1.165) is 5.56 Å². The summed E-state index contributed by atoms with van der Waals surface area (Å²) >= 11 is 0. The van der Waals surface area contributed by atoms with Gasteiger partial charge in [0.05, 0.1) is 5.69 Å². The van der Waals surface area contributed by atoms with E-state index in [9.17, 15) is 14.4 Å². The average molecular weight is 316 g/mol. The number of ether oxygens (including phenoxy) is 1. The summed E-state index contributed by atoms with van der Waals surface area (Å²) in [4.78, 5) is 34.7. The quantitative estimate of drug-likeness (QED) is 0.730. The molecule has 0 saturated carbocycles. The number of nitrogens with zero attached hydrogens (tertiary/aromatic N) is 1. The number of esters is 1. The molecule has 0 unspecified atom stereocenters. The van der Waals surface area contributed by atoms with Crippen molar-refractivity contribution in [3.05, 3.63) is 42.1 Å². The minimum Gasteiger partial charge on any atom is -0.448 e. The molecule has 2 aromatic rings. The maximum Gasteiger partial charge on any atom is 0.357 e. The van der Waals surface area contributed by atoms with Crippen LogP contribution in [0, 0.1) is 0 Å². The average Bonchev–Trinajstić information content (AvgIpc) is 3.05. The van der Waals surface area contributed by atoms with Crippen LogP contribution in [0.5, 0.6) is 0 Å². The van der Waals surface area contributed by atoms with Gasteiger partial charge in [-0.3, -0.25) is 15.2 Å². The molecule has 1 aromatic heterocycles. The van der Waals surface area contributed by atoms with Crippen molar-refractivity contribution in [1.82, 2.24) is 20.8 Å². The molecule has 3 amide bonds. The van der Waals surface area contributed by atoms with Crippen LogP contribution >= 0.6 is 0 Å². The van der Waals surface area contributed by atoms with E-state index in [0.29, 0.717) is 5.69 Å². The van der Waals surface area contributed by atoms with Crippen LogP contribution in [0.15, 0.2) is 36.4 Å². The molecule has 0 aliphatic rings. The van der Waals surface area contributed by atoms with Gasteiger partial charge in [0.15, 0.2) is 6.10 Å². The lowest BCUT2D eigenvalue weighted by atomic mass is 10.1. The minimum absolute atomic E-state index is 0.114. The molecule has 0 spiro atoms. The number of benzene rings is 1. The number of nitrogens with one attached hydrogen (secondary N) is 3. The monoisotopic (exact) mass is 316 g/mol. The first-order chi connectivity index (χ1) is 11.0. The van der Waals surface area contributed by atoms with Crippen molar-refractivity contribution in [2.45, 2.75) is 13.0 Å². The van der Waals surface area contributed by atoms with Crippen molar-refractivity contribution in [3.8, 4) is 11.3 Å². The third-order valence-corrected chi connectivity index (χ3v) is 2.98. The Hall–Kier alpha value is -3.16. The highest BCUT2D eigenvalue weighted by atomic mass is 16.5. The van der Waals surface area contributed by atoms with Gasteiger partial charge in [0, 0.05) is 12.6 Å². The molecule has 0 saturated heterocycles. The predicted octanol–water partition coefficient (Wildman–Crippen LogP) is 1.08. The Bertz CT molecular complexity index is 711. The zero-order valence-electron chi connectivity index (χ0n) is 12.6. The summed E-state index contributed by atoms with van der Waals surface area (Å²) < 4.78 is 4.99. The van der Waals surface area contributed by atoms with Gasteiger partial charge in [-0.1, -0.05) is 30.3 Å². The molecule has 1 atom stereocenters. The highest BCUT2D eigenvalue weighted by Gasteiger charge is 2.21. The SMILES string of the molecule is CNC(=O)NC(=O)[C@H](C)OC(=O)c1cc(-c2ccccc2)n[nH]1. The summed E-state index contributed by atoms with van der Waals surface area (Å²) in [6.45, 7) is 1.37. The van der Waals surface area contributed by atoms with E-state index in [4.69, 9.17) is 4.74 Å². The predicted molar refractivity (Wildman–Crippen MR) is 81.5 cm³/mol. The molecule has 120 valence electrons. The van der Waals surface area contributed by atoms with Crippen molar-refractivity contribution in [1.29, 1.82) is 0 Å². The molecule has 0 radical (unpaired) electrons. The summed E-state index contributed by atoms with van der Waals surface area (Å²) in [5, 5.41) is 10.9. The van der Waals surface area contributed by atoms with E-state index in [-0.39, 0.29) is 5.69 Å². The number of amides is 3. The first kappa shape index (κ1) is 16.2. The molecule has 0 fully saturated rings. The Labute approximate surface area is 132 Å². The van der Waals surface area contributed by atoms with Crippen molar-refractivity contribution >= 4 is 17.9 Å². The normalized spacial score (nSPS) is 11.4.